The van der Waals surface area contributed by atoms with Gasteiger partial charge in [-0.1, -0.05) is 12.1 Å². The number of carbonyl (C=O) groups is 2. The first kappa shape index (κ1) is 22.3. The number of nitrogens with zero attached hydrogens (tertiary/aromatic N) is 1. The number of benzene rings is 2. The smallest absolute Gasteiger partial charge is 0.226 e. The Balaban J connectivity index is 2.00. The first-order valence-corrected chi connectivity index (χ1v) is 9.86. The zero-order valence-electron chi connectivity index (χ0n) is 17.8. The molecule has 2 amide bonds. The molecular weight excluding hydrogens is 368 g/mol. The minimum Gasteiger partial charge on any atom is -0.491 e. The summed E-state index contributed by atoms with van der Waals surface area (Å²) in [7, 11) is 0. The molecule has 1 N–H and O–H groups in total. The summed E-state index contributed by atoms with van der Waals surface area (Å²) in [5.74, 6) is 1.06. The van der Waals surface area contributed by atoms with Gasteiger partial charge in [-0.25, -0.2) is 0 Å². The van der Waals surface area contributed by atoms with E-state index in [0.717, 1.165) is 5.75 Å². The highest BCUT2D eigenvalue weighted by atomic mass is 16.5. The van der Waals surface area contributed by atoms with Crippen LogP contribution in [-0.4, -0.2) is 30.6 Å². The molecule has 0 radical (unpaired) electrons. The maximum atomic E-state index is 12.4. The largest absolute Gasteiger partial charge is 0.491 e. The fourth-order valence-corrected chi connectivity index (χ4v) is 2.81. The van der Waals surface area contributed by atoms with E-state index in [1.807, 2.05) is 64.1 Å². The number of anilines is 2. The van der Waals surface area contributed by atoms with Crippen LogP contribution in [0.25, 0.3) is 0 Å². The number of amides is 2. The van der Waals surface area contributed by atoms with E-state index in [1.54, 1.807) is 17.0 Å². The van der Waals surface area contributed by atoms with Crippen LogP contribution in [-0.2, 0) is 9.59 Å². The Morgan fingerprint density at radius 2 is 1.55 bits per heavy atom. The molecule has 0 spiro atoms. The number of hydrogen-bond donors (Lipinski definition) is 1. The summed E-state index contributed by atoms with van der Waals surface area (Å²) < 4.78 is 11.4. The average molecular weight is 399 g/mol. The third-order valence-corrected chi connectivity index (χ3v) is 3.97. The van der Waals surface area contributed by atoms with Crippen molar-refractivity contribution in [2.24, 2.45) is 0 Å². The van der Waals surface area contributed by atoms with Crippen molar-refractivity contribution in [3.63, 3.8) is 0 Å². The molecule has 0 saturated heterocycles. The van der Waals surface area contributed by atoms with Crippen LogP contribution in [0.4, 0.5) is 11.4 Å². The number of para-hydroxylation sites is 2. The third-order valence-electron chi connectivity index (χ3n) is 3.97. The topological polar surface area (TPSA) is 67.9 Å². The standard InChI is InChI=1S/C23H30N2O4/c1-16(2)28-20-12-10-19(11-13-20)24-23(27)14-15-25(18(5)26)21-8-6-7-9-22(21)29-17(3)4/h6-13,16-17H,14-15H2,1-5H3,(H,24,27). The molecular formula is C23H30N2O4. The van der Waals surface area contributed by atoms with Crippen LogP contribution < -0.4 is 19.7 Å². The summed E-state index contributed by atoms with van der Waals surface area (Å²) in [5.41, 5.74) is 1.35. The van der Waals surface area contributed by atoms with Crippen molar-refractivity contribution in [3.8, 4) is 11.5 Å². The van der Waals surface area contributed by atoms with E-state index in [2.05, 4.69) is 5.32 Å². The van der Waals surface area contributed by atoms with Crippen LogP contribution in [0.5, 0.6) is 11.5 Å². The molecule has 6 heteroatoms. The van der Waals surface area contributed by atoms with Gasteiger partial charge in [0.1, 0.15) is 11.5 Å². The van der Waals surface area contributed by atoms with Crippen molar-refractivity contribution in [2.75, 3.05) is 16.8 Å². The van der Waals surface area contributed by atoms with E-state index < -0.39 is 0 Å². The SMILES string of the molecule is CC(=O)N(CCC(=O)Nc1ccc(OC(C)C)cc1)c1ccccc1OC(C)C. The molecule has 0 bridgehead atoms. The second-order valence-corrected chi connectivity index (χ2v) is 7.29. The van der Waals surface area contributed by atoms with Gasteiger partial charge in [0, 0.05) is 25.6 Å². The van der Waals surface area contributed by atoms with Gasteiger partial charge in [0.25, 0.3) is 0 Å². The summed E-state index contributed by atoms with van der Waals surface area (Å²) >= 11 is 0. The molecule has 2 aromatic rings. The lowest BCUT2D eigenvalue weighted by Crippen LogP contribution is -2.32. The van der Waals surface area contributed by atoms with E-state index >= 15 is 0 Å². The van der Waals surface area contributed by atoms with Gasteiger partial charge in [-0.2, -0.15) is 0 Å². The van der Waals surface area contributed by atoms with E-state index in [1.165, 1.54) is 6.92 Å². The van der Waals surface area contributed by atoms with Gasteiger partial charge in [0.2, 0.25) is 11.8 Å². The normalized spacial score (nSPS) is 10.7. The number of nitrogens with one attached hydrogen (secondary N) is 1. The van der Waals surface area contributed by atoms with Crippen LogP contribution >= 0.6 is 0 Å². The Hall–Kier alpha value is -3.02. The summed E-state index contributed by atoms with van der Waals surface area (Å²) in [5, 5.41) is 2.85. The van der Waals surface area contributed by atoms with E-state index in [-0.39, 0.29) is 37.0 Å². The molecule has 0 unspecified atom stereocenters. The van der Waals surface area contributed by atoms with Crippen LogP contribution in [0.3, 0.4) is 0 Å². The van der Waals surface area contributed by atoms with Gasteiger partial charge < -0.3 is 19.7 Å². The van der Waals surface area contributed by atoms with E-state index in [0.29, 0.717) is 17.1 Å². The lowest BCUT2D eigenvalue weighted by atomic mass is 10.2. The van der Waals surface area contributed by atoms with E-state index in [9.17, 15) is 9.59 Å². The zero-order valence-corrected chi connectivity index (χ0v) is 17.8. The van der Waals surface area contributed by atoms with Gasteiger partial charge in [0.05, 0.1) is 17.9 Å². The Morgan fingerprint density at radius 3 is 2.14 bits per heavy atom. The van der Waals surface area contributed by atoms with Gasteiger partial charge >= 0.3 is 0 Å². The van der Waals surface area contributed by atoms with Crippen molar-refractivity contribution in [1.82, 2.24) is 0 Å². The molecule has 0 aliphatic carbocycles. The number of hydrogen-bond acceptors (Lipinski definition) is 4. The molecule has 2 aromatic carbocycles. The molecule has 156 valence electrons. The van der Waals surface area contributed by atoms with E-state index in [4.69, 9.17) is 9.47 Å². The summed E-state index contributed by atoms with van der Waals surface area (Å²) in [4.78, 5) is 26.2. The lowest BCUT2D eigenvalue weighted by Gasteiger charge is -2.24. The quantitative estimate of drug-likeness (QED) is 0.668. The summed E-state index contributed by atoms with van der Waals surface area (Å²) in [6, 6.07) is 14.6. The molecule has 0 fully saturated rings. The fraction of sp³-hybridized carbons (Fsp3) is 0.391. The predicted molar refractivity (Wildman–Crippen MR) is 116 cm³/mol. The average Bonchev–Trinajstić information content (AvgIpc) is 2.63. The molecule has 6 nitrogen and oxygen atoms in total. The Bertz CT molecular complexity index is 816. The summed E-state index contributed by atoms with van der Waals surface area (Å²) in [6.07, 6.45) is 0.242. The first-order valence-electron chi connectivity index (χ1n) is 9.86. The second kappa shape index (κ2) is 10.5. The molecule has 0 aliphatic rings. The third kappa shape index (κ3) is 7.14. The number of ether oxygens (including phenoxy) is 2. The van der Waals surface area contributed by atoms with Crippen molar-refractivity contribution < 1.29 is 19.1 Å². The monoisotopic (exact) mass is 398 g/mol. The lowest BCUT2D eigenvalue weighted by molar-refractivity contribution is -0.117. The predicted octanol–water partition coefficient (Wildman–Crippen LogP) is 4.64. The molecule has 0 atom stereocenters. The molecule has 0 aliphatic heterocycles. The van der Waals surface area contributed by atoms with Crippen molar-refractivity contribution in [1.29, 1.82) is 0 Å². The molecule has 2 rings (SSSR count). The summed E-state index contributed by atoms with van der Waals surface area (Å²) in [6.45, 7) is 9.52. The molecule has 29 heavy (non-hydrogen) atoms. The molecule has 0 saturated carbocycles. The highest BCUT2D eigenvalue weighted by molar-refractivity contribution is 5.95. The van der Waals surface area contributed by atoms with Gasteiger partial charge in [0.15, 0.2) is 0 Å². The fourth-order valence-electron chi connectivity index (χ4n) is 2.81. The number of carbonyl (C=O) groups excluding carboxylic acids is 2. The second-order valence-electron chi connectivity index (χ2n) is 7.29. The Labute approximate surface area is 172 Å². The van der Waals surface area contributed by atoms with Crippen molar-refractivity contribution in [3.05, 3.63) is 48.5 Å². The first-order chi connectivity index (χ1) is 13.8. The van der Waals surface area contributed by atoms with Gasteiger partial charge in [-0.15, -0.1) is 0 Å². The van der Waals surface area contributed by atoms with Crippen LogP contribution in [0.2, 0.25) is 0 Å². The minimum atomic E-state index is -0.170. The highest BCUT2D eigenvalue weighted by Gasteiger charge is 2.18. The molecule has 0 aromatic heterocycles. The van der Waals surface area contributed by atoms with Gasteiger partial charge in [-0.3, -0.25) is 9.59 Å². The van der Waals surface area contributed by atoms with Crippen molar-refractivity contribution >= 4 is 23.2 Å². The Kier molecular flexibility index (Phi) is 8.07. The van der Waals surface area contributed by atoms with Crippen LogP contribution in [0.1, 0.15) is 41.0 Å². The minimum absolute atomic E-state index is 0.0177. The van der Waals surface area contributed by atoms with Gasteiger partial charge in [-0.05, 0) is 64.1 Å². The maximum Gasteiger partial charge on any atom is 0.226 e. The van der Waals surface area contributed by atoms with Crippen LogP contribution in [0.15, 0.2) is 48.5 Å². The Morgan fingerprint density at radius 1 is 0.931 bits per heavy atom. The highest BCUT2D eigenvalue weighted by Crippen LogP contribution is 2.29. The zero-order chi connectivity index (χ0) is 21.4. The number of rotatable bonds is 9. The maximum absolute atomic E-state index is 12.4. The molecule has 0 heterocycles. The van der Waals surface area contributed by atoms with Crippen molar-refractivity contribution in [2.45, 2.75) is 53.2 Å². The van der Waals surface area contributed by atoms with Crippen LogP contribution in [0, 0.1) is 0 Å².